The number of methoxy groups -OCH3 is 1. The van der Waals surface area contributed by atoms with Crippen molar-refractivity contribution in [3.63, 3.8) is 0 Å². The molecule has 0 aliphatic heterocycles. The van der Waals surface area contributed by atoms with Crippen molar-refractivity contribution >= 4 is 0 Å². The lowest BCUT2D eigenvalue weighted by Crippen LogP contribution is -2.36. The lowest BCUT2D eigenvalue weighted by atomic mass is 10.00. The molecule has 17 heavy (non-hydrogen) atoms. The monoisotopic (exact) mass is 240 g/mol. The summed E-state index contributed by atoms with van der Waals surface area (Å²) in [5.41, 5.74) is -0.0582. The van der Waals surface area contributed by atoms with E-state index in [1.165, 1.54) is 0 Å². The Morgan fingerprint density at radius 1 is 1.53 bits per heavy atom. The first-order chi connectivity index (χ1) is 8.03. The molecule has 0 spiro atoms. The number of H-pyrrole nitrogens is 1. The van der Waals surface area contributed by atoms with Gasteiger partial charge in [0.1, 0.15) is 12.2 Å². The highest BCUT2D eigenvalue weighted by Gasteiger charge is 2.19. The molecule has 2 N–H and O–H groups in total. The van der Waals surface area contributed by atoms with Gasteiger partial charge in [0, 0.05) is 19.6 Å². The molecule has 1 aromatic rings. The quantitative estimate of drug-likeness (QED) is 0.676. The SMILES string of the molecule is COC(C)(C)CC(C)NCCCc1ncn[nH]1. The van der Waals surface area contributed by atoms with E-state index in [-0.39, 0.29) is 5.60 Å². The molecule has 1 aromatic heterocycles. The molecule has 0 fully saturated rings. The average Bonchev–Trinajstić information content (AvgIpc) is 2.77. The Hall–Kier alpha value is -0.940. The number of aromatic amines is 1. The van der Waals surface area contributed by atoms with E-state index in [2.05, 4.69) is 41.3 Å². The van der Waals surface area contributed by atoms with Crippen molar-refractivity contribution in [3.8, 4) is 0 Å². The van der Waals surface area contributed by atoms with Gasteiger partial charge < -0.3 is 10.1 Å². The first-order valence-corrected chi connectivity index (χ1v) is 6.16. The minimum absolute atomic E-state index is 0.0582. The molecule has 0 saturated carbocycles. The van der Waals surface area contributed by atoms with Crippen LogP contribution in [-0.4, -0.2) is 40.5 Å². The third-order valence-corrected chi connectivity index (χ3v) is 2.90. The minimum Gasteiger partial charge on any atom is -0.379 e. The van der Waals surface area contributed by atoms with Crippen molar-refractivity contribution < 1.29 is 4.74 Å². The molecule has 0 amide bonds. The third-order valence-electron chi connectivity index (χ3n) is 2.90. The van der Waals surface area contributed by atoms with Gasteiger partial charge in [-0.25, -0.2) is 4.98 Å². The van der Waals surface area contributed by atoms with E-state index < -0.39 is 0 Å². The van der Waals surface area contributed by atoms with Crippen LogP contribution in [0.5, 0.6) is 0 Å². The zero-order valence-corrected chi connectivity index (χ0v) is 11.3. The normalized spacial score (nSPS) is 13.9. The molecular weight excluding hydrogens is 216 g/mol. The second-order valence-electron chi connectivity index (χ2n) is 5.06. The summed E-state index contributed by atoms with van der Waals surface area (Å²) in [5, 5.41) is 10.2. The molecule has 0 aliphatic rings. The minimum atomic E-state index is -0.0582. The summed E-state index contributed by atoms with van der Waals surface area (Å²) in [6.45, 7) is 7.40. The molecule has 5 nitrogen and oxygen atoms in total. The van der Waals surface area contributed by atoms with E-state index in [0.717, 1.165) is 31.6 Å². The van der Waals surface area contributed by atoms with Gasteiger partial charge in [-0.3, -0.25) is 5.10 Å². The van der Waals surface area contributed by atoms with Crippen molar-refractivity contribution in [2.24, 2.45) is 0 Å². The summed E-state index contributed by atoms with van der Waals surface area (Å²) < 4.78 is 5.41. The molecule has 1 rings (SSSR count). The van der Waals surface area contributed by atoms with Gasteiger partial charge in [-0.1, -0.05) is 0 Å². The Kier molecular flexibility index (Phi) is 5.58. The van der Waals surface area contributed by atoms with Crippen LogP contribution >= 0.6 is 0 Å². The highest BCUT2D eigenvalue weighted by Crippen LogP contribution is 2.15. The van der Waals surface area contributed by atoms with Crippen LogP contribution in [0.4, 0.5) is 0 Å². The van der Waals surface area contributed by atoms with Crippen molar-refractivity contribution in [2.75, 3.05) is 13.7 Å². The number of ether oxygens (including phenoxy) is 1. The van der Waals surface area contributed by atoms with Crippen LogP contribution in [0.2, 0.25) is 0 Å². The first-order valence-electron chi connectivity index (χ1n) is 6.16. The number of rotatable bonds is 8. The lowest BCUT2D eigenvalue weighted by molar-refractivity contribution is 0.00860. The van der Waals surface area contributed by atoms with Gasteiger partial charge in [0.2, 0.25) is 0 Å². The summed E-state index contributed by atoms with van der Waals surface area (Å²) in [6.07, 6.45) is 4.55. The summed E-state index contributed by atoms with van der Waals surface area (Å²) in [7, 11) is 1.76. The van der Waals surface area contributed by atoms with Crippen LogP contribution in [0.25, 0.3) is 0 Å². The van der Waals surface area contributed by atoms with Crippen LogP contribution in [0.15, 0.2) is 6.33 Å². The molecule has 1 unspecified atom stereocenters. The van der Waals surface area contributed by atoms with E-state index in [9.17, 15) is 0 Å². The second-order valence-corrected chi connectivity index (χ2v) is 5.06. The van der Waals surface area contributed by atoms with Gasteiger partial charge in [-0.15, -0.1) is 0 Å². The maximum absolute atomic E-state index is 5.41. The molecular formula is C12H24N4O. The largest absolute Gasteiger partial charge is 0.379 e. The Morgan fingerprint density at radius 3 is 2.88 bits per heavy atom. The fourth-order valence-corrected chi connectivity index (χ4v) is 1.85. The van der Waals surface area contributed by atoms with Gasteiger partial charge in [0.05, 0.1) is 5.60 Å². The Labute approximate surface area is 103 Å². The van der Waals surface area contributed by atoms with Crippen molar-refractivity contribution in [1.82, 2.24) is 20.5 Å². The van der Waals surface area contributed by atoms with E-state index in [1.54, 1.807) is 13.4 Å². The van der Waals surface area contributed by atoms with Crippen molar-refractivity contribution in [3.05, 3.63) is 12.2 Å². The summed E-state index contributed by atoms with van der Waals surface area (Å²) in [5.74, 6) is 0.955. The van der Waals surface area contributed by atoms with E-state index in [4.69, 9.17) is 4.74 Å². The second kappa shape index (κ2) is 6.71. The average molecular weight is 240 g/mol. The molecule has 5 heteroatoms. The maximum Gasteiger partial charge on any atom is 0.137 e. The number of nitrogens with one attached hydrogen (secondary N) is 2. The fourth-order valence-electron chi connectivity index (χ4n) is 1.85. The van der Waals surface area contributed by atoms with Crippen LogP contribution < -0.4 is 5.32 Å². The number of hydrogen-bond acceptors (Lipinski definition) is 4. The van der Waals surface area contributed by atoms with Crippen LogP contribution in [-0.2, 0) is 11.2 Å². The molecule has 0 aromatic carbocycles. The molecule has 0 bridgehead atoms. The summed E-state index contributed by atoms with van der Waals surface area (Å²) in [6, 6.07) is 0.458. The highest BCUT2D eigenvalue weighted by molar-refractivity contribution is 4.80. The van der Waals surface area contributed by atoms with Crippen LogP contribution in [0, 0.1) is 0 Å². The number of aryl methyl sites for hydroxylation is 1. The Bertz CT molecular complexity index is 297. The topological polar surface area (TPSA) is 62.8 Å². The molecule has 98 valence electrons. The Balaban J connectivity index is 2.10. The van der Waals surface area contributed by atoms with Gasteiger partial charge in [0.15, 0.2) is 0 Å². The molecule has 1 atom stereocenters. The first kappa shape index (κ1) is 14.1. The standard InChI is InChI=1S/C12H24N4O/c1-10(8-12(2,3)17-4)13-7-5-6-11-14-9-15-16-11/h9-10,13H,5-8H2,1-4H3,(H,14,15,16). The van der Waals surface area contributed by atoms with Gasteiger partial charge in [-0.05, 0) is 40.2 Å². The van der Waals surface area contributed by atoms with E-state index >= 15 is 0 Å². The number of aromatic nitrogens is 3. The molecule has 1 heterocycles. The predicted molar refractivity (Wildman–Crippen MR) is 67.9 cm³/mol. The highest BCUT2D eigenvalue weighted by atomic mass is 16.5. The van der Waals surface area contributed by atoms with E-state index in [1.807, 2.05) is 0 Å². The fraction of sp³-hybridized carbons (Fsp3) is 0.833. The van der Waals surface area contributed by atoms with Crippen LogP contribution in [0.3, 0.4) is 0 Å². The predicted octanol–water partition coefficient (Wildman–Crippen LogP) is 1.53. The number of nitrogens with zero attached hydrogens (tertiary/aromatic N) is 2. The number of hydrogen-bond donors (Lipinski definition) is 2. The smallest absolute Gasteiger partial charge is 0.137 e. The molecule has 0 radical (unpaired) electrons. The van der Waals surface area contributed by atoms with Gasteiger partial charge >= 0.3 is 0 Å². The van der Waals surface area contributed by atoms with E-state index in [0.29, 0.717) is 6.04 Å². The third kappa shape index (κ3) is 5.79. The zero-order chi connectivity index (χ0) is 12.7. The van der Waals surface area contributed by atoms with Gasteiger partial charge in [-0.2, -0.15) is 5.10 Å². The maximum atomic E-state index is 5.41. The molecule has 0 aliphatic carbocycles. The lowest BCUT2D eigenvalue weighted by Gasteiger charge is -2.27. The van der Waals surface area contributed by atoms with Crippen LogP contribution in [0.1, 0.15) is 39.4 Å². The zero-order valence-electron chi connectivity index (χ0n) is 11.3. The summed E-state index contributed by atoms with van der Waals surface area (Å²) in [4.78, 5) is 4.09. The van der Waals surface area contributed by atoms with Gasteiger partial charge in [0.25, 0.3) is 0 Å². The summed E-state index contributed by atoms with van der Waals surface area (Å²) >= 11 is 0. The molecule has 0 saturated heterocycles. The van der Waals surface area contributed by atoms with Crippen molar-refractivity contribution in [2.45, 2.75) is 51.7 Å². The van der Waals surface area contributed by atoms with Crippen molar-refractivity contribution in [1.29, 1.82) is 0 Å². The Morgan fingerprint density at radius 2 is 2.29 bits per heavy atom.